The van der Waals surface area contributed by atoms with Crippen LogP contribution in [0.3, 0.4) is 0 Å². The van der Waals surface area contributed by atoms with Gasteiger partial charge in [-0.15, -0.1) is 0 Å². The molecule has 2 aromatic carbocycles. The summed E-state index contributed by atoms with van der Waals surface area (Å²) in [6.45, 7) is 3.90. The van der Waals surface area contributed by atoms with E-state index in [0.29, 0.717) is 0 Å². The maximum Gasteiger partial charge on any atom is 0.119 e. The summed E-state index contributed by atoms with van der Waals surface area (Å²) in [5.74, 6) is 0.921. The molecule has 0 saturated heterocycles. The minimum Gasteiger partial charge on any atom is -0.497 e. The zero-order valence-electron chi connectivity index (χ0n) is 12.7. The Balaban J connectivity index is 1.64. The molecule has 3 rings (SSSR count). The van der Waals surface area contributed by atoms with Crippen molar-refractivity contribution in [3.63, 3.8) is 0 Å². The summed E-state index contributed by atoms with van der Waals surface area (Å²) in [4.78, 5) is 2.33. The quantitative estimate of drug-likeness (QED) is 0.912. The first-order valence-corrected chi connectivity index (χ1v) is 7.37. The molecule has 3 nitrogen and oxygen atoms in total. The molecule has 0 spiro atoms. The van der Waals surface area contributed by atoms with Crippen LogP contribution in [0.4, 0.5) is 0 Å². The summed E-state index contributed by atoms with van der Waals surface area (Å²) in [7, 11) is 3.87. The van der Waals surface area contributed by atoms with E-state index < -0.39 is 0 Å². The largest absolute Gasteiger partial charge is 0.497 e. The van der Waals surface area contributed by atoms with Crippen molar-refractivity contribution < 1.29 is 4.74 Å². The molecule has 110 valence electrons. The van der Waals surface area contributed by atoms with E-state index in [1.165, 1.54) is 22.3 Å². The van der Waals surface area contributed by atoms with Crippen molar-refractivity contribution in [2.24, 2.45) is 0 Å². The van der Waals surface area contributed by atoms with Crippen LogP contribution in [0.2, 0.25) is 0 Å². The number of fused-ring (bicyclic) bond motifs is 1. The second kappa shape index (κ2) is 6.29. The van der Waals surface area contributed by atoms with E-state index in [-0.39, 0.29) is 0 Å². The Bertz CT molecular complexity index is 624. The minimum absolute atomic E-state index is 0.921. The van der Waals surface area contributed by atoms with Crippen molar-refractivity contribution >= 4 is 0 Å². The average molecular weight is 282 g/mol. The van der Waals surface area contributed by atoms with E-state index >= 15 is 0 Å². The third-order valence-electron chi connectivity index (χ3n) is 3.94. The molecule has 0 aromatic heterocycles. The lowest BCUT2D eigenvalue weighted by atomic mass is 10.1. The van der Waals surface area contributed by atoms with Crippen LogP contribution < -0.4 is 10.1 Å². The van der Waals surface area contributed by atoms with E-state index in [1.807, 2.05) is 12.1 Å². The first-order chi connectivity index (χ1) is 10.2. The summed E-state index contributed by atoms with van der Waals surface area (Å²) < 4.78 is 5.28. The van der Waals surface area contributed by atoms with Crippen LogP contribution in [0, 0.1) is 0 Å². The van der Waals surface area contributed by atoms with Gasteiger partial charge in [-0.3, -0.25) is 4.90 Å². The van der Waals surface area contributed by atoms with Crippen molar-refractivity contribution in [2.45, 2.75) is 26.2 Å². The predicted octanol–water partition coefficient (Wildman–Crippen LogP) is 2.93. The van der Waals surface area contributed by atoms with Gasteiger partial charge in [0.05, 0.1) is 7.11 Å². The standard InChI is InChI=1S/C18H22N2O/c1-20(12-14-4-3-5-18(9-14)21-2)13-15-6-7-16-10-19-11-17(16)8-15/h3-9,19H,10-13H2,1-2H3. The maximum atomic E-state index is 5.28. The van der Waals surface area contributed by atoms with Crippen molar-refractivity contribution in [1.82, 2.24) is 10.2 Å². The van der Waals surface area contributed by atoms with Gasteiger partial charge in [0.1, 0.15) is 5.75 Å². The fourth-order valence-corrected chi connectivity index (χ4v) is 2.90. The molecule has 0 atom stereocenters. The van der Waals surface area contributed by atoms with Crippen LogP contribution in [0.15, 0.2) is 42.5 Å². The van der Waals surface area contributed by atoms with Gasteiger partial charge in [-0.05, 0) is 41.4 Å². The molecule has 1 N–H and O–H groups in total. The molecule has 0 unspecified atom stereocenters. The van der Waals surface area contributed by atoms with Crippen LogP contribution in [0.25, 0.3) is 0 Å². The molecule has 0 saturated carbocycles. The van der Waals surface area contributed by atoms with Gasteiger partial charge in [-0.25, -0.2) is 0 Å². The highest BCUT2D eigenvalue weighted by Gasteiger charge is 2.11. The van der Waals surface area contributed by atoms with Crippen LogP contribution in [0.5, 0.6) is 5.75 Å². The first-order valence-electron chi connectivity index (χ1n) is 7.37. The predicted molar refractivity (Wildman–Crippen MR) is 85.2 cm³/mol. The number of hydrogen-bond acceptors (Lipinski definition) is 3. The Morgan fingerprint density at radius 2 is 1.76 bits per heavy atom. The molecule has 1 aliphatic rings. The Labute approximate surface area is 126 Å². The van der Waals surface area contributed by atoms with E-state index in [4.69, 9.17) is 4.74 Å². The lowest BCUT2D eigenvalue weighted by Gasteiger charge is -2.17. The highest BCUT2D eigenvalue weighted by Crippen LogP contribution is 2.19. The summed E-state index contributed by atoms with van der Waals surface area (Å²) in [6, 6.07) is 15.1. The van der Waals surface area contributed by atoms with Gasteiger partial charge in [0.25, 0.3) is 0 Å². The molecule has 1 aliphatic heterocycles. The van der Waals surface area contributed by atoms with Gasteiger partial charge in [0.15, 0.2) is 0 Å². The maximum absolute atomic E-state index is 5.28. The topological polar surface area (TPSA) is 24.5 Å². The monoisotopic (exact) mass is 282 g/mol. The van der Waals surface area contributed by atoms with E-state index in [1.54, 1.807) is 7.11 Å². The summed E-state index contributed by atoms with van der Waals surface area (Å²) in [5.41, 5.74) is 5.54. The smallest absolute Gasteiger partial charge is 0.119 e. The normalized spacial score (nSPS) is 13.5. The summed E-state index contributed by atoms with van der Waals surface area (Å²) in [5, 5.41) is 3.39. The van der Waals surface area contributed by atoms with Gasteiger partial charge >= 0.3 is 0 Å². The van der Waals surface area contributed by atoms with Crippen molar-refractivity contribution in [1.29, 1.82) is 0 Å². The molecule has 2 aromatic rings. The zero-order valence-corrected chi connectivity index (χ0v) is 12.7. The molecule has 0 aliphatic carbocycles. The lowest BCUT2D eigenvalue weighted by Crippen LogP contribution is -2.17. The summed E-state index contributed by atoms with van der Waals surface area (Å²) >= 11 is 0. The molecular formula is C18H22N2O. The molecule has 0 fully saturated rings. The van der Waals surface area contributed by atoms with Crippen LogP contribution in [-0.2, 0) is 26.2 Å². The molecular weight excluding hydrogens is 260 g/mol. The van der Waals surface area contributed by atoms with Crippen LogP contribution >= 0.6 is 0 Å². The Hall–Kier alpha value is -1.84. The third-order valence-corrected chi connectivity index (χ3v) is 3.94. The SMILES string of the molecule is COc1cccc(CN(C)Cc2ccc3c(c2)CNC3)c1. The second-order valence-corrected chi connectivity index (χ2v) is 5.73. The average Bonchev–Trinajstić information content (AvgIpc) is 2.95. The van der Waals surface area contributed by atoms with Crippen LogP contribution in [-0.4, -0.2) is 19.1 Å². The van der Waals surface area contributed by atoms with Gasteiger partial charge in [-0.2, -0.15) is 0 Å². The molecule has 0 bridgehead atoms. The lowest BCUT2D eigenvalue weighted by molar-refractivity contribution is 0.318. The minimum atomic E-state index is 0.921. The molecule has 1 heterocycles. The molecule has 0 amide bonds. The van der Waals surface area contributed by atoms with Gasteiger partial charge in [0.2, 0.25) is 0 Å². The van der Waals surface area contributed by atoms with Crippen LogP contribution in [0.1, 0.15) is 22.3 Å². The van der Waals surface area contributed by atoms with Crippen molar-refractivity contribution in [2.75, 3.05) is 14.2 Å². The number of nitrogens with zero attached hydrogens (tertiary/aromatic N) is 1. The van der Waals surface area contributed by atoms with E-state index in [0.717, 1.165) is 31.9 Å². The van der Waals surface area contributed by atoms with Crippen molar-refractivity contribution in [3.05, 3.63) is 64.7 Å². The highest BCUT2D eigenvalue weighted by molar-refractivity contribution is 5.34. The van der Waals surface area contributed by atoms with Gasteiger partial charge < -0.3 is 10.1 Å². The molecule has 21 heavy (non-hydrogen) atoms. The number of hydrogen-bond donors (Lipinski definition) is 1. The van der Waals surface area contributed by atoms with E-state index in [9.17, 15) is 0 Å². The number of rotatable bonds is 5. The summed E-state index contributed by atoms with van der Waals surface area (Å²) in [6.07, 6.45) is 0. The first kappa shape index (κ1) is 14.1. The highest BCUT2D eigenvalue weighted by atomic mass is 16.5. The third kappa shape index (κ3) is 3.43. The zero-order chi connectivity index (χ0) is 14.7. The van der Waals surface area contributed by atoms with Crippen molar-refractivity contribution in [3.8, 4) is 5.75 Å². The Morgan fingerprint density at radius 3 is 2.57 bits per heavy atom. The number of benzene rings is 2. The number of ether oxygens (including phenoxy) is 1. The van der Waals surface area contributed by atoms with E-state index in [2.05, 4.69) is 47.6 Å². The Kier molecular flexibility index (Phi) is 4.23. The fourth-order valence-electron chi connectivity index (χ4n) is 2.90. The fraction of sp³-hybridized carbons (Fsp3) is 0.333. The number of methoxy groups -OCH3 is 1. The number of nitrogens with one attached hydrogen (secondary N) is 1. The van der Waals surface area contributed by atoms with Gasteiger partial charge in [-0.1, -0.05) is 30.3 Å². The van der Waals surface area contributed by atoms with Gasteiger partial charge in [0, 0.05) is 26.2 Å². The second-order valence-electron chi connectivity index (χ2n) is 5.73. The molecule has 0 radical (unpaired) electrons. The molecule has 3 heteroatoms. The Morgan fingerprint density at radius 1 is 1.00 bits per heavy atom.